The number of phosphoric acid groups is 2. The van der Waals surface area contributed by atoms with E-state index >= 15 is 0 Å². The normalized spacial score (nSPS) is 8.14. The van der Waals surface area contributed by atoms with Crippen LogP contribution in [-0.4, -0.2) is 293 Å². The van der Waals surface area contributed by atoms with Gasteiger partial charge in [0.1, 0.15) is 0 Å². The van der Waals surface area contributed by atoms with Crippen LogP contribution in [0.1, 0.15) is 0 Å². The summed E-state index contributed by atoms with van der Waals surface area (Å²) >= 11 is -11.8. The average Bonchev–Trinajstić information content (AvgIpc) is 1.62. The van der Waals surface area contributed by atoms with Gasteiger partial charge in [-0.05, 0) is 0 Å². The first-order valence-electron chi connectivity index (χ1n) is 2.92. The van der Waals surface area contributed by atoms with Gasteiger partial charge in [0.2, 0.25) is 0 Å². The van der Waals surface area contributed by atoms with E-state index in [0.29, 0.717) is 0 Å². The Morgan fingerprint density at radius 3 is 0.414 bits per heavy atom. The van der Waals surface area contributed by atoms with E-state index in [9.17, 15) is 0 Å². The number of hydrogen-bond acceptors (Lipinski definition) is 16. The Hall–Kier alpha value is 10.1. The zero-order chi connectivity index (χ0) is 18.0. The Kier molecular flexibility index (Phi) is 130. The summed E-state index contributed by atoms with van der Waals surface area (Å²) < 4.78 is 86.0. The van der Waals surface area contributed by atoms with Crippen molar-refractivity contribution in [2.45, 2.75) is 0 Å². The summed E-state index contributed by atoms with van der Waals surface area (Å²) in [5.74, 6) is 0. The van der Waals surface area contributed by atoms with Crippen LogP contribution in [0.5, 0.6) is 0 Å². The molecule has 144 valence electrons. The van der Waals surface area contributed by atoms with E-state index in [0.717, 1.165) is 0 Å². The zero-order valence-electron chi connectivity index (χ0n) is 14.0. The van der Waals surface area contributed by atoms with E-state index in [1.807, 2.05) is 0 Å². The largest absolute Gasteiger partial charge is 2.00 e. The smallest absolute Gasteiger partial charge is 1.00 e. The predicted molar refractivity (Wildman–Crippen MR) is 68.4 cm³/mol. The van der Waals surface area contributed by atoms with Crippen LogP contribution in [0.15, 0.2) is 0 Å². The fourth-order valence-corrected chi connectivity index (χ4v) is 0. The molecule has 0 fully saturated rings. The minimum absolute atomic E-state index is 0. The van der Waals surface area contributed by atoms with Gasteiger partial charge in [0.15, 0.2) is 0 Å². The molecule has 0 saturated carbocycles. The van der Waals surface area contributed by atoms with Crippen LogP contribution in [0.4, 0.5) is 0 Å². The van der Waals surface area contributed by atoms with E-state index < -0.39 is 44.7 Å². The summed E-state index contributed by atoms with van der Waals surface area (Å²) in [6.07, 6.45) is 0. The average molecular weight is 819 g/mol. The fraction of sp³-hybridized carbons (Fsp3) is 0. The van der Waals surface area contributed by atoms with Gasteiger partial charge < -0.3 is 63.3 Å². The Bertz CT molecular complexity index is 316. The molecule has 29 heavy (non-hydrogen) atoms. The first-order chi connectivity index (χ1) is 8.00. The third kappa shape index (κ3) is 487. The molecular weight excluding hydrogens is 819 g/mol. The van der Waals surface area contributed by atoms with E-state index in [2.05, 4.69) is 0 Å². The Balaban J connectivity index is -0.00000000970. The quantitative estimate of drug-likeness (QED) is 0.162. The zero-order valence-corrected chi connectivity index (χ0v) is 36.5. The summed E-state index contributed by atoms with van der Waals surface area (Å²) in [4.78, 5) is 51.3. The van der Waals surface area contributed by atoms with Gasteiger partial charge >= 0.3 is 325 Å². The summed E-state index contributed by atoms with van der Waals surface area (Å²) in [5.41, 5.74) is 0. The molecule has 16 nitrogen and oxygen atoms in total. The van der Waals surface area contributed by atoms with Crippen LogP contribution < -0.4 is 78.7 Å². The minimum atomic E-state index is -5.88. The van der Waals surface area contributed by atoms with Crippen molar-refractivity contribution in [3.05, 3.63) is 0 Å². The molecular formula is As2Ca7Cl2O16P2. The standard InChI is InChI=1S/2AsH3O4.7Ca.2ClH.2H3O4P/c2*2-1(3,4)5;;;;;;;;;;2*1-5(2,3)4/h2*(H3,2,3,4,5);;;;;;;;2*1H;2*(H3,1,2,3,4)/q;;7*+2;;;;/p-14. The second-order valence-corrected chi connectivity index (χ2v) is 7.33. The van der Waals surface area contributed by atoms with Crippen molar-refractivity contribution in [1.82, 2.24) is 0 Å². The Labute approximate surface area is 392 Å². The van der Waals surface area contributed by atoms with Crippen LogP contribution in [0.3, 0.4) is 0 Å². The molecule has 0 heterocycles. The minimum Gasteiger partial charge on any atom is -1.00 e. The molecule has 0 atom stereocenters. The van der Waals surface area contributed by atoms with Crippen molar-refractivity contribution >= 4 is 309 Å². The maximum atomic E-state index is 8.61. The number of hydrogen-bond donors (Lipinski definition) is 0. The first kappa shape index (κ1) is 83.3. The van der Waals surface area contributed by atoms with Crippen LogP contribution in [0.2, 0.25) is 0 Å². The van der Waals surface area contributed by atoms with Gasteiger partial charge in [-0.25, -0.2) is 0 Å². The summed E-state index contributed by atoms with van der Waals surface area (Å²) in [5, 5.41) is 0. The molecule has 0 aromatic carbocycles. The van der Waals surface area contributed by atoms with Crippen molar-refractivity contribution in [2.75, 3.05) is 0 Å². The summed E-state index contributed by atoms with van der Waals surface area (Å²) in [6.45, 7) is 0. The molecule has 0 spiro atoms. The van der Waals surface area contributed by atoms with Gasteiger partial charge in [0.05, 0.1) is 0 Å². The molecule has 0 aliphatic rings. The van der Waals surface area contributed by atoms with Crippen LogP contribution in [0, 0.1) is 0 Å². The van der Waals surface area contributed by atoms with E-state index in [4.69, 9.17) is 70.5 Å². The van der Waals surface area contributed by atoms with Crippen LogP contribution in [-0.2, 0) is 16.6 Å². The predicted octanol–water partition coefficient (Wildman–Crippen LogP) is -22.4. The third-order valence-electron chi connectivity index (χ3n) is 0. The van der Waals surface area contributed by atoms with Gasteiger partial charge in [-0.2, -0.15) is 15.6 Å². The van der Waals surface area contributed by atoms with Crippen molar-refractivity contribution in [3.8, 4) is 0 Å². The monoisotopic (exact) mass is 817 g/mol. The molecule has 0 bridgehead atoms. The van der Waals surface area contributed by atoms with Gasteiger partial charge in [-0.3, -0.25) is 0 Å². The SMILES string of the molecule is O=P([O-])([O-])[O-].O=P([O-])([O-])[O-].O=[As]([O-])([O-])[O-].O=[As]([O-])([O-])[O-].[Ca+2].[Ca+2].[Ca+2].[Ca+2].[Ca+2].[Ca+2].[Ca+2].[Cl-].[Cl-]. The van der Waals surface area contributed by atoms with E-state index in [1.54, 1.807) is 0 Å². The molecule has 0 radical (unpaired) electrons. The molecule has 0 N–H and O–H groups in total. The topological polar surface area (TPSA) is 345 Å². The van der Waals surface area contributed by atoms with Crippen molar-refractivity contribution in [3.63, 3.8) is 0 Å². The Morgan fingerprint density at radius 1 is 0.414 bits per heavy atom. The first-order valence-corrected chi connectivity index (χ1v) is 12.0. The van der Waals surface area contributed by atoms with Crippen LogP contribution >= 0.6 is 15.6 Å². The fourth-order valence-electron chi connectivity index (χ4n) is 0. The second kappa shape index (κ2) is 45.1. The molecule has 0 rings (SSSR count). The van der Waals surface area contributed by atoms with Crippen molar-refractivity contribution in [2.24, 2.45) is 0 Å². The Morgan fingerprint density at radius 2 is 0.414 bits per heavy atom. The summed E-state index contributed by atoms with van der Waals surface area (Å²) in [6, 6.07) is 0. The van der Waals surface area contributed by atoms with E-state index in [-0.39, 0.29) is 289 Å². The maximum Gasteiger partial charge on any atom is 2.00 e. The van der Waals surface area contributed by atoms with Crippen LogP contribution in [0.25, 0.3) is 0 Å². The molecule has 0 aliphatic carbocycles. The maximum absolute atomic E-state index is 8.61. The number of halogens is 2. The second-order valence-electron chi connectivity index (χ2n) is 1.79. The number of rotatable bonds is 0. The molecule has 0 saturated heterocycles. The van der Waals surface area contributed by atoms with Gasteiger partial charge in [-0.1, -0.05) is 0 Å². The molecule has 0 unspecified atom stereocenters. The summed E-state index contributed by atoms with van der Waals surface area (Å²) in [7, 11) is -10.8. The third-order valence-corrected chi connectivity index (χ3v) is 0. The molecule has 0 aliphatic heterocycles. The van der Waals surface area contributed by atoms with Crippen molar-refractivity contribution < 1.29 is 95.4 Å². The molecule has 29 heteroatoms. The molecule has 0 aromatic heterocycles. The van der Waals surface area contributed by atoms with Crippen molar-refractivity contribution in [1.29, 1.82) is 0 Å². The van der Waals surface area contributed by atoms with Gasteiger partial charge in [0.25, 0.3) is 0 Å². The molecule has 0 aromatic rings. The van der Waals surface area contributed by atoms with Gasteiger partial charge in [0, 0.05) is 0 Å². The van der Waals surface area contributed by atoms with Gasteiger partial charge in [-0.15, -0.1) is 0 Å². The van der Waals surface area contributed by atoms with E-state index in [1.165, 1.54) is 0 Å². The molecule has 0 amide bonds.